The fourth-order valence-corrected chi connectivity index (χ4v) is 3.28. The summed E-state index contributed by atoms with van der Waals surface area (Å²) in [6.45, 7) is 0. The molecule has 0 saturated carbocycles. The minimum atomic E-state index is -2.36. The average molecular weight is 306 g/mol. The van der Waals surface area contributed by atoms with Crippen molar-refractivity contribution in [3.05, 3.63) is 48.5 Å². The van der Waals surface area contributed by atoms with Gasteiger partial charge in [-0.15, -0.1) is 0 Å². The summed E-state index contributed by atoms with van der Waals surface area (Å²) in [7, 11) is -2.36. The summed E-state index contributed by atoms with van der Waals surface area (Å²) in [5.41, 5.74) is 1.68. The van der Waals surface area contributed by atoms with Crippen LogP contribution in [0.25, 0.3) is 0 Å². The van der Waals surface area contributed by atoms with E-state index in [1.807, 2.05) is 48.5 Å². The summed E-state index contributed by atoms with van der Waals surface area (Å²) in [6.07, 6.45) is 0. The summed E-state index contributed by atoms with van der Waals surface area (Å²) in [5.74, 6) is 0. The first-order valence-electron chi connectivity index (χ1n) is 5.27. The van der Waals surface area contributed by atoms with Crippen molar-refractivity contribution in [2.75, 3.05) is 5.01 Å². The number of hydrogen-bond acceptors (Lipinski definition) is 5. The topological polar surface area (TPSA) is 49.4 Å². The Labute approximate surface area is 128 Å². The average Bonchev–Trinajstić information content (AvgIpc) is 2.38. The van der Waals surface area contributed by atoms with Crippen molar-refractivity contribution in [3.63, 3.8) is 0 Å². The van der Waals surface area contributed by atoms with Gasteiger partial charge in [0.05, 0.1) is 11.4 Å². The van der Waals surface area contributed by atoms with Crippen LogP contribution in [-0.4, -0.2) is 17.4 Å². The van der Waals surface area contributed by atoms with Crippen LogP contribution < -0.4 is 9.84 Å². The monoisotopic (exact) mass is 306 g/mol. The molecule has 0 aliphatic carbocycles. The van der Waals surface area contributed by atoms with Gasteiger partial charge < -0.3 is 8.42 Å². The summed E-state index contributed by atoms with van der Waals surface area (Å²) in [4.78, 5) is 4.48. The van der Waals surface area contributed by atoms with E-state index in [9.17, 15) is 8.42 Å². The molecule has 19 heavy (non-hydrogen) atoms. The third-order valence-electron chi connectivity index (χ3n) is 2.60. The zero-order valence-corrected chi connectivity index (χ0v) is 13.8. The Morgan fingerprint density at radius 3 is 1.84 bits per heavy atom. The molecular weight excluding hydrogens is 295 g/mol. The molecular formula is C12H11AlN2O2S2. The molecule has 0 fully saturated rings. The number of nitrogens with one attached hydrogen (secondary N) is 1. The molecule has 0 spiro atoms. The number of fused-ring (bicyclic) bond motifs is 2. The predicted octanol–water partition coefficient (Wildman–Crippen LogP) is 2.10. The second kappa shape index (κ2) is 5.99. The molecule has 1 aliphatic rings. The third-order valence-corrected chi connectivity index (χ3v) is 4.06. The molecule has 96 valence electrons. The van der Waals surface area contributed by atoms with Crippen molar-refractivity contribution in [1.29, 1.82) is 0 Å². The maximum absolute atomic E-state index is 10.9. The van der Waals surface area contributed by atoms with Crippen molar-refractivity contribution >= 4 is 51.4 Å². The van der Waals surface area contributed by atoms with Gasteiger partial charge in [-0.05, 0) is 24.3 Å². The van der Waals surface area contributed by atoms with E-state index in [2.05, 4.69) is 4.83 Å². The first-order valence-corrected chi connectivity index (χ1v) is 7.16. The third kappa shape index (κ3) is 2.81. The normalized spacial score (nSPS) is 12.6. The van der Waals surface area contributed by atoms with Crippen LogP contribution in [0.5, 0.6) is 0 Å². The molecule has 0 saturated heterocycles. The summed E-state index contributed by atoms with van der Waals surface area (Å²) < 4.78 is 21.9. The second-order valence-electron chi connectivity index (χ2n) is 3.70. The van der Waals surface area contributed by atoms with Gasteiger partial charge >= 0.3 is 17.4 Å². The van der Waals surface area contributed by atoms with Crippen LogP contribution in [0.15, 0.2) is 58.3 Å². The molecule has 0 aromatic heterocycles. The van der Waals surface area contributed by atoms with E-state index in [4.69, 9.17) is 0 Å². The van der Waals surface area contributed by atoms with Gasteiger partial charge in [-0.25, -0.2) is 0 Å². The molecule has 1 N–H and O–H groups in total. The zero-order chi connectivity index (χ0) is 12.5. The number of benzene rings is 2. The molecule has 1 aliphatic heterocycles. The Hall–Kier alpha value is -0.968. The number of rotatable bonds is 2. The van der Waals surface area contributed by atoms with Crippen LogP contribution in [0.3, 0.4) is 0 Å². The molecule has 3 rings (SSSR count). The Kier molecular flexibility index (Phi) is 4.55. The molecule has 0 radical (unpaired) electrons. The molecule has 4 nitrogen and oxygen atoms in total. The Balaban J connectivity index is 0.00000133. The number of hydrogen-bond donors (Lipinski definition) is 1. The number of anilines is 2. The van der Waals surface area contributed by atoms with Crippen LogP contribution in [0.4, 0.5) is 11.4 Å². The van der Waals surface area contributed by atoms with E-state index in [1.165, 1.54) is 0 Å². The standard InChI is InChI=1S/C12H9N2O2S2.Al.2H/c15-18(16)13-14-9-5-1-3-7-11(9)17-12-8-4-2-6-10(12)14;;;/h1-8H,(H,13,15,16);;;/q-1;+1;;. The molecule has 2 aromatic rings. The zero-order valence-electron chi connectivity index (χ0n) is 10.2. The van der Waals surface area contributed by atoms with Gasteiger partial charge in [-0.1, -0.05) is 36.0 Å². The van der Waals surface area contributed by atoms with Crippen molar-refractivity contribution in [3.8, 4) is 0 Å². The molecule has 0 atom stereocenters. The van der Waals surface area contributed by atoms with Gasteiger partial charge in [0.15, 0.2) is 0 Å². The Bertz CT molecular complexity index is 623. The van der Waals surface area contributed by atoms with E-state index >= 15 is 0 Å². The fourth-order valence-electron chi connectivity index (χ4n) is 1.88. The number of nitrogens with zero attached hydrogens (tertiary/aromatic N) is 1. The molecule has 1 heterocycles. The number of para-hydroxylation sites is 2. The van der Waals surface area contributed by atoms with Crippen molar-refractivity contribution in [2.45, 2.75) is 9.79 Å². The first-order chi connectivity index (χ1) is 8.75. The van der Waals surface area contributed by atoms with Gasteiger partial charge in [0.25, 0.3) is 0 Å². The summed E-state index contributed by atoms with van der Waals surface area (Å²) >= 11 is 1.63. The van der Waals surface area contributed by atoms with E-state index in [0.29, 0.717) is 0 Å². The maximum atomic E-state index is 10.9. The van der Waals surface area contributed by atoms with Gasteiger partial charge in [-0.2, -0.15) is 0 Å². The van der Waals surface area contributed by atoms with Crippen LogP contribution in [0.2, 0.25) is 0 Å². The summed E-state index contributed by atoms with van der Waals surface area (Å²) in [5, 5.41) is 1.59. The quantitative estimate of drug-likeness (QED) is 0.682. The fraction of sp³-hybridized carbons (Fsp3) is 0. The molecule has 0 amide bonds. The molecule has 0 unspecified atom stereocenters. The van der Waals surface area contributed by atoms with Gasteiger partial charge in [0.1, 0.15) is 0 Å². The number of hydrazine groups is 1. The van der Waals surface area contributed by atoms with Crippen LogP contribution in [-0.2, 0) is 19.3 Å². The van der Waals surface area contributed by atoms with Crippen LogP contribution in [0.1, 0.15) is 0 Å². The van der Waals surface area contributed by atoms with E-state index in [-0.39, 0.29) is 17.4 Å². The van der Waals surface area contributed by atoms with Crippen molar-refractivity contribution in [2.24, 2.45) is 0 Å². The summed E-state index contributed by atoms with van der Waals surface area (Å²) in [6, 6.07) is 15.4. The Morgan fingerprint density at radius 2 is 1.37 bits per heavy atom. The van der Waals surface area contributed by atoms with Crippen LogP contribution in [0, 0.1) is 0 Å². The second-order valence-corrected chi connectivity index (χ2v) is 5.43. The van der Waals surface area contributed by atoms with Gasteiger partial charge in [-0.3, -0.25) is 9.84 Å². The van der Waals surface area contributed by atoms with E-state index < -0.39 is 10.9 Å². The van der Waals surface area contributed by atoms with Crippen molar-refractivity contribution in [1.82, 2.24) is 4.83 Å². The van der Waals surface area contributed by atoms with Gasteiger partial charge in [0.2, 0.25) is 0 Å². The van der Waals surface area contributed by atoms with E-state index in [1.54, 1.807) is 16.8 Å². The SMILES string of the molecule is O=[S-](=O)NN1c2ccccc2Sc2ccccc21.[AlH2+]. The van der Waals surface area contributed by atoms with E-state index in [0.717, 1.165) is 21.2 Å². The molecule has 7 heteroatoms. The molecule has 2 aromatic carbocycles. The van der Waals surface area contributed by atoms with Crippen molar-refractivity contribution < 1.29 is 8.42 Å². The molecule has 0 bridgehead atoms. The van der Waals surface area contributed by atoms with Crippen LogP contribution >= 0.6 is 11.8 Å². The predicted molar refractivity (Wildman–Crippen MR) is 79.6 cm³/mol. The van der Waals surface area contributed by atoms with Gasteiger partial charge in [0, 0.05) is 20.7 Å². The Morgan fingerprint density at radius 1 is 0.895 bits per heavy atom. The first kappa shape index (κ1) is 14.4. The minimum absolute atomic E-state index is 0.